The number of imidazole rings is 1. The normalized spacial score (nSPS) is 26.5. The van der Waals surface area contributed by atoms with E-state index in [0.717, 1.165) is 44.5 Å². The van der Waals surface area contributed by atoms with Crippen LogP contribution in [0.25, 0.3) is 11.0 Å². The SMILES string of the molecule is Cc1cc2c(cc1F)[nH]c(=O)n2C1CCN(C2(C)CCNC2)CC1. The lowest BCUT2D eigenvalue weighted by atomic mass is 9.94. The molecule has 2 saturated heterocycles. The van der Waals surface area contributed by atoms with Gasteiger partial charge in [0.15, 0.2) is 0 Å². The summed E-state index contributed by atoms with van der Waals surface area (Å²) in [5.41, 5.74) is 2.12. The van der Waals surface area contributed by atoms with E-state index in [0.29, 0.717) is 11.1 Å². The van der Waals surface area contributed by atoms with Crippen LogP contribution >= 0.6 is 0 Å². The molecule has 0 spiro atoms. The van der Waals surface area contributed by atoms with Crippen LogP contribution in [0.2, 0.25) is 0 Å². The number of likely N-dealkylation sites (tertiary alicyclic amines) is 1. The fourth-order valence-corrected chi connectivity index (χ4v) is 4.35. The second-order valence-corrected chi connectivity index (χ2v) is 7.56. The Labute approximate surface area is 140 Å². The summed E-state index contributed by atoms with van der Waals surface area (Å²) in [5, 5.41) is 3.46. The number of aryl methyl sites for hydroxylation is 1. The maximum atomic E-state index is 13.8. The summed E-state index contributed by atoms with van der Waals surface area (Å²) in [6.45, 7) is 8.21. The number of benzene rings is 1. The van der Waals surface area contributed by atoms with Crippen molar-refractivity contribution >= 4 is 11.0 Å². The maximum Gasteiger partial charge on any atom is 0.326 e. The van der Waals surface area contributed by atoms with E-state index < -0.39 is 0 Å². The summed E-state index contributed by atoms with van der Waals surface area (Å²) in [4.78, 5) is 17.8. The number of piperidine rings is 1. The molecule has 1 aromatic heterocycles. The number of halogens is 1. The summed E-state index contributed by atoms with van der Waals surface area (Å²) in [6.07, 6.45) is 3.10. The molecule has 2 aliphatic heterocycles. The van der Waals surface area contributed by atoms with Gasteiger partial charge in [-0.25, -0.2) is 9.18 Å². The third kappa shape index (κ3) is 2.48. The molecule has 0 bridgehead atoms. The topological polar surface area (TPSA) is 53.1 Å². The van der Waals surface area contributed by atoms with Crippen LogP contribution in [0.5, 0.6) is 0 Å². The zero-order chi connectivity index (χ0) is 16.9. The van der Waals surface area contributed by atoms with Crippen molar-refractivity contribution in [2.24, 2.45) is 0 Å². The van der Waals surface area contributed by atoms with Crippen LogP contribution in [0.15, 0.2) is 16.9 Å². The number of fused-ring (bicyclic) bond motifs is 1. The van der Waals surface area contributed by atoms with Gasteiger partial charge in [-0.3, -0.25) is 9.47 Å². The number of H-pyrrole nitrogens is 1. The summed E-state index contributed by atoms with van der Waals surface area (Å²) < 4.78 is 15.6. The number of hydrogen-bond acceptors (Lipinski definition) is 3. The number of aromatic amines is 1. The van der Waals surface area contributed by atoms with Gasteiger partial charge < -0.3 is 10.3 Å². The predicted molar refractivity (Wildman–Crippen MR) is 93.0 cm³/mol. The van der Waals surface area contributed by atoms with Gasteiger partial charge in [0.05, 0.1) is 11.0 Å². The lowest BCUT2D eigenvalue weighted by molar-refractivity contribution is 0.0778. The Morgan fingerprint density at radius 1 is 1.29 bits per heavy atom. The Hall–Kier alpha value is -1.66. The van der Waals surface area contributed by atoms with Crippen molar-refractivity contribution in [1.29, 1.82) is 0 Å². The molecule has 1 atom stereocenters. The van der Waals surface area contributed by atoms with Crippen molar-refractivity contribution in [2.75, 3.05) is 26.2 Å². The van der Waals surface area contributed by atoms with Crippen molar-refractivity contribution < 1.29 is 4.39 Å². The summed E-state index contributed by atoms with van der Waals surface area (Å²) >= 11 is 0. The average Bonchev–Trinajstić information content (AvgIpc) is 3.12. The number of nitrogens with one attached hydrogen (secondary N) is 2. The molecule has 2 fully saturated rings. The number of aromatic nitrogens is 2. The number of hydrogen-bond donors (Lipinski definition) is 2. The van der Waals surface area contributed by atoms with Crippen LogP contribution in [0, 0.1) is 12.7 Å². The van der Waals surface area contributed by atoms with Gasteiger partial charge in [0, 0.05) is 31.2 Å². The van der Waals surface area contributed by atoms with Crippen LogP contribution < -0.4 is 11.0 Å². The highest BCUT2D eigenvalue weighted by Crippen LogP contribution is 2.31. The highest BCUT2D eigenvalue weighted by molar-refractivity contribution is 5.76. The van der Waals surface area contributed by atoms with Gasteiger partial charge in [0.2, 0.25) is 0 Å². The molecule has 3 heterocycles. The van der Waals surface area contributed by atoms with Crippen LogP contribution in [0.3, 0.4) is 0 Å². The minimum atomic E-state index is -0.271. The van der Waals surface area contributed by atoms with Gasteiger partial charge in [-0.15, -0.1) is 0 Å². The fourth-order valence-electron chi connectivity index (χ4n) is 4.35. The minimum Gasteiger partial charge on any atom is -0.315 e. The van der Waals surface area contributed by atoms with Crippen molar-refractivity contribution in [3.8, 4) is 0 Å². The average molecular weight is 332 g/mol. The molecule has 4 rings (SSSR count). The summed E-state index contributed by atoms with van der Waals surface area (Å²) in [5.74, 6) is -0.271. The Morgan fingerprint density at radius 2 is 2.04 bits per heavy atom. The van der Waals surface area contributed by atoms with Crippen molar-refractivity contribution in [2.45, 2.75) is 44.7 Å². The van der Waals surface area contributed by atoms with E-state index in [1.807, 2.05) is 4.57 Å². The number of rotatable bonds is 2. The summed E-state index contributed by atoms with van der Waals surface area (Å²) in [6, 6.07) is 3.41. The van der Waals surface area contributed by atoms with E-state index in [1.54, 1.807) is 13.0 Å². The first-order chi connectivity index (χ1) is 11.5. The fraction of sp³-hybridized carbons (Fsp3) is 0.611. The second kappa shape index (κ2) is 5.70. The third-order valence-electron chi connectivity index (χ3n) is 5.94. The highest BCUT2D eigenvalue weighted by Gasteiger charge is 2.37. The maximum absolute atomic E-state index is 13.8. The van der Waals surface area contributed by atoms with Crippen LogP contribution in [-0.4, -0.2) is 46.2 Å². The van der Waals surface area contributed by atoms with Crippen molar-refractivity contribution in [1.82, 2.24) is 19.8 Å². The van der Waals surface area contributed by atoms with Gasteiger partial charge >= 0.3 is 5.69 Å². The molecule has 5 nitrogen and oxygen atoms in total. The molecule has 24 heavy (non-hydrogen) atoms. The van der Waals surface area contributed by atoms with Crippen LogP contribution in [-0.2, 0) is 0 Å². The molecular weight excluding hydrogens is 307 g/mol. The molecule has 0 saturated carbocycles. The van der Waals surface area contributed by atoms with Crippen molar-refractivity contribution in [3.05, 3.63) is 34.0 Å². The van der Waals surface area contributed by atoms with E-state index >= 15 is 0 Å². The third-order valence-corrected chi connectivity index (χ3v) is 5.94. The Kier molecular flexibility index (Phi) is 3.77. The first-order valence-corrected chi connectivity index (χ1v) is 8.84. The second-order valence-electron chi connectivity index (χ2n) is 7.56. The predicted octanol–water partition coefficient (Wildman–Crippen LogP) is 2.17. The summed E-state index contributed by atoms with van der Waals surface area (Å²) in [7, 11) is 0. The Morgan fingerprint density at radius 3 is 2.71 bits per heavy atom. The van der Waals surface area contributed by atoms with E-state index in [-0.39, 0.29) is 23.1 Å². The molecule has 6 heteroatoms. The molecular formula is C18H25FN4O. The van der Waals surface area contributed by atoms with Gasteiger partial charge in [0.1, 0.15) is 5.82 Å². The zero-order valence-electron chi connectivity index (χ0n) is 14.4. The molecule has 2 N–H and O–H groups in total. The molecule has 130 valence electrons. The lowest BCUT2D eigenvalue weighted by Crippen LogP contribution is -2.51. The molecule has 2 aromatic rings. The Balaban J connectivity index is 1.60. The zero-order valence-corrected chi connectivity index (χ0v) is 14.4. The molecule has 1 aromatic carbocycles. The first kappa shape index (κ1) is 15.8. The molecule has 0 aliphatic carbocycles. The largest absolute Gasteiger partial charge is 0.326 e. The van der Waals surface area contributed by atoms with Crippen LogP contribution in [0.1, 0.15) is 37.8 Å². The molecule has 2 aliphatic rings. The van der Waals surface area contributed by atoms with Crippen LogP contribution in [0.4, 0.5) is 4.39 Å². The molecule has 0 radical (unpaired) electrons. The highest BCUT2D eigenvalue weighted by atomic mass is 19.1. The van der Waals surface area contributed by atoms with E-state index in [1.165, 1.54) is 12.5 Å². The quantitative estimate of drug-likeness (QED) is 0.886. The van der Waals surface area contributed by atoms with E-state index in [2.05, 4.69) is 22.1 Å². The lowest BCUT2D eigenvalue weighted by Gasteiger charge is -2.42. The van der Waals surface area contributed by atoms with Gasteiger partial charge in [-0.05, 0) is 57.4 Å². The monoisotopic (exact) mass is 332 g/mol. The minimum absolute atomic E-state index is 0.123. The first-order valence-electron chi connectivity index (χ1n) is 8.84. The number of nitrogens with zero attached hydrogens (tertiary/aromatic N) is 2. The van der Waals surface area contributed by atoms with E-state index in [4.69, 9.17) is 0 Å². The van der Waals surface area contributed by atoms with Crippen molar-refractivity contribution in [3.63, 3.8) is 0 Å². The van der Waals surface area contributed by atoms with E-state index in [9.17, 15) is 9.18 Å². The molecule has 1 unspecified atom stereocenters. The smallest absolute Gasteiger partial charge is 0.315 e. The van der Waals surface area contributed by atoms with Gasteiger partial charge in [-0.2, -0.15) is 0 Å². The molecule has 0 amide bonds. The Bertz CT molecular complexity index is 810. The van der Waals surface area contributed by atoms with Gasteiger partial charge in [0.25, 0.3) is 0 Å². The van der Waals surface area contributed by atoms with Gasteiger partial charge in [-0.1, -0.05) is 0 Å². The standard InChI is InChI=1S/C18H25FN4O/c1-12-9-16-15(10-14(12)19)21-17(24)23(16)13-3-7-22(8-4-13)18(2)5-6-20-11-18/h9-10,13,20H,3-8,11H2,1-2H3,(H,21,24).